The molecule has 0 aromatic heterocycles. The topological polar surface area (TPSA) is 36.1 Å². The molecule has 16 heavy (non-hydrogen) atoms. The first kappa shape index (κ1) is 15.6. The molecule has 3 unspecified atom stereocenters. The maximum absolute atomic E-state index is 3.44. The summed E-state index contributed by atoms with van der Waals surface area (Å²) in [6, 6.07) is 0.845. The van der Waals surface area contributed by atoms with Crippen molar-refractivity contribution in [3.05, 3.63) is 11.6 Å². The molecule has 96 valence electrons. The maximum Gasteiger partial charge on any atom is 0.0319 e. The van der Waals surface area contributed by atoms with Gasteiger partial charge < -0.3 is 16.0 Å². The lowest BCUT2D eigenvalue weighted by Gasteiger charge is -2.37. The van der Waals surface area contributed by atoms with Crippen molar-refractivity contribution in [2.24, 2.45) is 0 Å². The summed E-state index contributed by atoms with van der Waals surface area (Å²) in [5, 5.41) is 10.1. The van der Waals surface area contributed by atoms with Crippen LogP contribution in [0.2, 0.25) is 0 Å². The molecule has 0 aromatic carbocycles. The van der Waals surface area contributed by atoms with E-state index in [1.54, 1.807) is 0 Å². The molecule has 0 aliphatic rings. The van der Waals surface area contributed by atoms with E-state index in [-0.39, 0.29) is 5.54 Å². The first-order valence-corrected chi connectivity index (χ1v) is 6.08. The fourth-order valence-corrected chi connectivity index (χ4v) is 1.92. The summed E-state index contributed by atoms with van der Waals surface area (Å²) >= 11 is 0. The van der Waals surface area contributed by atoms with Crippen molar-refractivity contribution in [1.82, 2.24) is 16.0 Å². The highest BCUT2D eigenvalue weighted by Gasteiger charge is 2.30. The van der Waals surface area contributed by atoms with Gasteiger partial charge in [-0.15, -0.1) is 0 Å². The van der Waals surface area contributed by atoms with Crippen LogP contribution in [0.4, 0.5) is 0 Å². The van der Waals surface area contributed by atoms with Crippen molar-refractivity contribution in [3.63, 3.8) is 0 Å². The van der Waals surface area contributed by atoms with Gasteiger partial charge in [-0.3, -0.25) is 0 Å². The van der Waals surface area contributed by atoms with Crippen LogP contribution in [-0.4, -0.2) is 38.8 Å². The summed E-state index contributed by atoms with van der Waals surface area (Å²) in [7, 11) is 6.06. The standard InChI is InChI=1S/C13H29N3/c1-10(2)8-12(15-6)9-13(4,16-7)11(3)14-5/h8,11-12,14-16H,9H2,1-7H3. The van der Waals surface area contributed by atoms with Crippen molar-refractivity contribution in [1.29, 1.82) is 0 Å². The van der Waals surface area contributed by atoms with Crippen LogP contribution in [0.25, 0.3) is 0 Å². The SMILES string of the molecule is CNC(C=C(C)C)CC(C)(NC)C(C)NC. The molecular weight excluding hydrogens is 198 g/mol. The normalized spacial score (nSPS) is 18.7. The van der Waals surface area contributed by atoms with E-state index in [0.29, 0.717) is 12.1 Å². The molecule has 0 bridgehead atoms. The lowest BCUT2D eigenvalue weighted by atomic mass is 9.86. The Hall–Kier alpha value is -0.380. The molecule has 0 aromatic rings. The highest BCUT2D eigenvalue weighted by Crippen LogP contribution is 2.18. The molecule has 3 N–H and O–H groups in total. The average molecular weight is 227 g/mol. The van der Waals surface area contributed by atoms with Gasteiger partial charge in [-0.2, -0.15) is 0 Å². The van der Waals surface area contributed by atoms with Gasteiger partial charge in [0.25, 0.3) is 0 Å². The first-order valence-electron chi connectivity index (χ1n) is 6.08. The Morgan fingerprint density at radius 3 is 2.06 bits per heavy atom. The molecule has 0 fully saturated rings. The molecule has 0 aliphatic heterocycles. The van der Waals surface area contributed by atoms with Crippen LogP contribution in [0.15, 0.2) is 11.6 Å². The number of allylic oxidation sites excluding steroid dienone is 1. The van der Waals surface area contributed by atoms with Crippen LogP contribution in [-0.2, 0) is 0 Å². The van der Waals surface area contributed by atoms with Crippen molar-refractivity contribution < 1.29 is 0 Å². The van der Waals surface area contributed by atoms with Crippen LogP contribution >= 0.6 is 0 Å². The van der Waals surface area contributed by atoms with E-state index in [1.165, 1.54) is 5.57 Å². The van der Waals surface area contributed by atoms with Gasteiger partial charge in [0.2, 0.25) is 0 Å². The van der Waals surface area contributed by atoms with Gasteiger partial charge in [0.1, 0.15) is 0 Å². The summed E-state index contributed by atoms with van der Waals surface area (Å²) < 4.78 is 0. The van der Waals surface area contributed by atoms with Crippen molar-refractivity contribution in [3.8, 4) is 0 Å². The highest BCUT2D eigenvalue weighted by molar-refractivity contribution is 5.05. The minimum atomic E-state index is 0.0916. The van der Waals surface area contributed by atoms with E-state index < -0.39 is 0 Å². The summed E-state index contributed by atoms with van der Waals surface area (Å²) in [4.78, 5) is 0. The van der Waals surface area contributed by atoms with Gasteiger partial charge in [-0.05, 0) is 55.3 Å². The Morgan fingerprint density at radius 1 is 1.19 bits per heavy atom. The molecule has 3 atom stereocenters. The zero-order valence-electron chi connectivity index (χ0n) is 11.9. The van der Waals surface area contributed by atoms with Crippen LogP contribution in [0.5, 0.6) is 0 Å². The minimum absolute atomic E-state index is 0.0916. The first-order chi connectivity index (χ1) is 7.39. The van der Waals surface area contributed by atoms with Gasteiger partial charge >= 0.3 is 0 Å². The summed E-state index contributed by atoms with van der Waals surface area (Å²) in [5.41, 5.74) is 1.45. The average Bonchev–Trinajstić information content (AvgIpc) is 2.26. The third-order valence-corrected chi connectivity index (χ3v) is 3.51. The molecule has 0 spiro atoms. The fourth-order valence-electron chi connectivity index (χ4n) is 1.92. The highest BCUT2D eigenvalue weighted by atomic mass is 15.0. The smallest absolute Gasteiger partial charge is 0.0319 e. The van der Waals surface area contributed by atoms with Crippen molar-refractivity contribution in [2.45, 2.75) is 51.7 Å². The molecule has 3 heteroatoms. The molecule has 3 nitrogen and oxygen atoms in total. The third kappa shape index (κ3) is 4.64. The Morgan fingerprint density at radius 2 is 1.75 bits per heavy atom. The molecule has 0 radical (unpaired) electrons. The van der Waals surface area contributed by atoms with E-state index in [2.05, 4.69) is 49.7 Å². The second kappa shape index (κ2) is 7.05. The summed E-state index contributed by atoms with van der Waals surface area (Å²) in [6.07, 6.45) is 3.35. The van der Waals surface area contributed by atoms with Gasteiger partial charge in [0.15, 0.2) is 0 Å². The molecule has 0 saturated heterocycles. The Labute approximate surface area is 101 Å². The number of hydrogen-bond acceptors (Lipinski definition) is 3. The number of likely N-dealkylation sites (N-methyl/N-ethyl adjacent to an activating group) is 3. The van der Waals surface area contributed by atoms with E-state index >= 15 is 0 Å². The monoisotopic (exact) mass is 227 g/mol. The largest absolute Gasteiger partial charge is 0.315 e. The van der Waals surface area contributed by atoms with Crippen LogP contribution in [0.3, 0.4) is 0 Å². The van der Waals surface area contributed by atoms with E-state index in [4.69, 9.17) is 0 Å². The van der Waals surface area contributed by atoms with Crippen LogP contribution < -0.4 is 16.0 Å². The molecule has 0 rings (SSSR count). The molecule has 0 saturated carbocycles. The van der Waals surface area contributed by atoms with Gasteiger partial charge in [-0.25, -0.2) is 0 Å². The summed E-state index contributed by atoms with van der Waals surface area (Å²) in [6.45, 7) is 8.76. The zero-order valence-corrected chi connectivity index (χ0v) is 11.9. The maximum atomic E-state index is 3.44. The van der Waals surface area contributed by atoms with Gasteiger partial charge in [0.05, 0.1) is 0 Å². The van der Waals surface area contributed by atoms with Gasteiger partial charge in [-0.1, -0.05) is 11.6 Å². The van der Waals surface area contributed by atoms with Crippen LogP contribution in [0.1, 0.15) is 34.1 Å². The van der Waals surface area contributed by atoms with E-state index in [0.717, 1.165) is 6.42 Å². The third-order valence-electron chi connectivity index (χ3n) is 3.51. The summed E-state index contributed by atoms with van der Waals surface area (Å²) in [5.74, 6) is 0. The van der Waals surface area contributed by atoms with Gasteiger partial charge in [0, 0.05) is 17.6 Å². The number of nitrogens with one attached hydrogen (secondary N) is 3. The second-order valence-corrected chi connectivity index (χ2v) is 5.02. The van der Waals surface area contributed by atoms with E-state index in [9.17, 15) is 0 Å². The quantitative estimate of drug-likeness (QED) is 0.577. The lowest BCUT2D eigenvalue weighted by Crippen LogP contribution is -2.56. The number of rotatable bonds is 7. The second-order valence-electron chi connectivity index (χ2n) is 5.02. The zero-order chi connectivity index (χ0) is 12.8. The Bertz CT molecular complexity index is 221. The van der Waals surface area contributed by atoms with Crippen LogP contribution in [0, 0.1) is 0 Å². The molecule has 0 amide bonds. The van der Waals surface area contributed by atoms with Crippen molar-refractivity contribution in [2.75, 3.05) is 21.1 Å². The molecule has 0 aliphatic carbocycles. The van der Waals surface area contributed by atoms with E-state index in [1.807, 2.05) is 21.1 Å². The fraction of sp³-hybridized carbons (Fsp3) is 0.846. The molecular formula is C13H29N3. The predicted octanol–water partition coefficient (Wildman–Crippen LogP) is 1.52. The van der Waals surface area contributed by atoms with Crippen molar-refractivity contribution >= 4 is 0 Å². The minimum Gasteiger partial charge on any atom is -0.315 e. The number of hydrogen-bond donors (Lipinski definition) is 3. The lowest BCUT2D eigenvalue weighted by molar-refractivity contribution is 0.259. The Kier molecular flexibility index (Phi) is 6.88. The molecule has 0 heterocycles. The predicted molar refractivity (Wildman–Crippen MR) is 72.9 cm³/mol. The Balaban J connectivity index is 4.67.